The van der Waals surface area contributed by atoms with Crippen LogP contribution < -0.4 is 10.9 Å². The van der Waals surface area contributed by atoms with Crippen molar-refractivity contribution in [2.45, 2.75) is 37.8 Å². The molecule has 1 aliphatic heterocycles. The van der Waals surface area contributed by atoms with Crippen molar-refractivity contribution >= 4 is 32.4 Å². The number of fused-ring (bicyclic) bond motifs is 3. The van der Waals surface area contributed by atoms with Gasteiger partial charge in [-0.25, -0.2) is 22.2 Å². The van der Waals surface area contributed by atoms with Gasteiger partial charge in [0.15, 0.2) is 5.65 Å². The van der Waals surface area contributed by atoms with Crippen LogP contribution in [0.5, 0.6) is 0 Å². The molecule has 202 valence electrons. The lowest BCUT2D eigenvalue weighted by molar-refractivity contribution is -0.0556. The minimum Gasteiger partial charge on any atom is -0.390 e. The lowest BCUT2D eigenvalue weighted by Crippen LogP contribution is -2.40. The van der Waals surface area contributed by atoms with Crippen LogP contribution in [-0.4, -0.2) is 62.9 Å². The van der Waals surface area contributed by atoms with Gasteiger partial charge in [-0.15, -0.1) is 0 Å². The fourth-order valence-corrected chi connectivity index (χ4v) is 5.77. The summed E-state index contributed by atoms with van der Waals surface area (Å²) < 4.78 is 56.6. The van der Waals surface area contributed by atoms with Gasteiger partial charge in [-0.2, -0.15) is 13.9 Å². The van der Waals surface area contributed by atoms with Crippen LogP contribution in [-0.2, 0) is 15.9 Å². The molecule has 0 radical (unpaired) electrons. The number of aromatic nitrogens is 4. The van der Waals surface area contributed by atoms with Gasteiger partial charge in [-0.05, 0) is 31.4 Å². The SMILES string of the molecule is C[C@@H](Nc1nc2ccnn2c2cc(=O)n(C3CCN(S(C)(=O)=O)CC3)cc12)c1cccc(C(F)(F)CO)c1. The number of sulfonamides is 1. The van der Waals surface area contributed by atoms with E-state index in [-0.39, 0.29) is 17.2 Å². The van der Waals surface area contributed by atoms with Crippen molar-refractivity contribution in [1.29, 1.82) is 0 Å². The molecular formula is C25H28F2N6O4S. The van der Waals surface area contributed by atoms with E-state index in [1.807, 2.05) is 0 Å². The summed E-state index contributed by atoms with van der Waals surface area (Å²) in [5.41, 5.74) is 1.08. The van der Waals surface area contributed by atoms with Gasteiger partial charge in [0.25, 0.3) is 11.5 Å². The molecule has 10 nitrogen and oxygen atoms in total. The van der Waals surface area contributed by atoms with Gasteiger partial charge in [0, 0.05) is 49.1 Å². The minimum atomic E-state index is -3.36. The summed E-state index contributed by atoms with van der Waals surface area (Å²) in [5, 5.41) is 17.3. The van der Waals surface area contributed by atoms with Crippen molar-refractivity contribution in [3.63, 3.8) is 0 Å². The quantitative estimate of drug-likeness (QED) is 0.366. The Morgan fingerprint density at radius 2 is 1.95 bits per heavy atom. The molecule has 0 spiro atoms. The van der Waals surface area contributed by atoms with Crippen LogP contribution in [0.2, 0.25) is 0 Å². The van der Waals surface area contributed by atoms with E-state index in [9.17, 15) is 22.0 Å². The minimum absolute atomic E-state index is 0.194. The number of nitrogens with zero attached hydrogens (tertiary/aromatic N) is 5. The number of rotatable bonds is 7. The molecule has 5 rings (SSSR count). The molecule has 13 heteroatoms. The van der Waals surface area contributed by atoms with Gasteiger partial charge in [0.2, 0.25) is 10.0 Å². The molecule has 1 saturated heterocycles. The third-order valence-corrected chi connectivity index (χ3v) is 8.34. The first kappa shape index (κ1) is 26.2. The maximum Gasteiger partial charge on any atom is 0.295 e. The monoisotopic (exact) mass is 546 g/mol. The second-order valence-electron chi connectivity index (χ2n) is 9.63. The number of hydrogen-bond donors (Lipinski definition) is 2. The smallest absolute Gasteiger partial charge is 0.295 e. The van der Waals surface area contributed by atoms with Gasteiger partial charge in [-0.1, -0.05) is 18.2 Å². The molecule has 1 atom stereocenters. The van der Waals surface area contributed by atoms with Crippen LogP contribution in [0, 0.1) is 0 Å². The van der Waals surface area contributed by atoms with Gasteiger partial charge in [0.05, 0.1) is 23.4 Å². The lowest BCUT2D eigenvalue weighted by Gasteiger charge is -2.31. The summed E-state index contributed by atoms with van der Waals surface area (Å²) >= 11 is 0. The number of nitrogens with one attached hydrogen (secondary N) is 1. The Morgan fingerprint density at radius 1 is 1.21 bits per heavy atom. The van der Waals surface area contributed by atoms with Gasteiger partial charge >= 0.3 is 0 Å². The number of alkyl halides is 2. The molecule has 0 bridgehead atoms. The number of halogens is 2. The highest BCUT2D eigenvalue weighted by molar-refractivity contribution is 7.88. The number of aliphatic hydroxyl groups is 1. The van der Waals surface area contributed by atoms with E-state index in [1.165, 1.54) is 34.8 Å². The first-order valence-corrected chi connectivity index (χ1v) is 14.0. The molecule has 1 aliphatic rings. The van der Waals surface area contributed by atoms with E-state index in [2.05, 4.69) is 15.4 Å². The van der Waals surface area contributed by atoms with E-state index in [1.54, 1.807) is 40.5 Å². The highest BCUT2D eigenvalue weighted by Gasteiger charge is 2.31. The Balaban J connectivity index is 1.53. The van der Waals surface area contributed by atoms with Crippen LogP contribution in [0.25, 0.3) is 16.6 Å². The Labute approximate surface area is 217 Å². The Hall–Kier alpha value is -3.42. The molecule has 1 aromatic carbocycles. The Morgan fingerprint density at radius 3 is 2.63 bits per heavy atom. The Bertz CT molecular complexity index is 1660. The highest BCUT2D eigenvalue weighted by atomic mass is 32.2. The first-order valence-electron chi connectivity index (χ1n) is 12.2. The zero-order valence-corrected chi connectivity index (χ0v) is 21.7. The maximum absolute atomic E-state index is 14.1. The van der Waals surface area contributed by atoms with Crippen molar-refractivity contribution in [2.24, 2.45) is 0 Å². The number of benzene rings is 1. The average Bonchev–Trinajstić information content (AvgIpc) is 3.37. The molecule has 0 amide bonds. The molecule has 0 unspecified atom stereocenters. The predicted molar refractivity (Wildman–Crippen MR) is 139 cm³/mol. The zero-order chi connectivity index (χ0) is 27.2. The van der Waals surface area contributed by atoms with Crippen LogP contribution in [0.1, 0.15) is 43.0 Å². The van der Waals surface area contributed by atoms with E-state index in [0.29, 0.717) is 53.9 Å². The van der Waals surface area contributed by atoms with Crippen molar-refractivity contribution in [3.05, 3.63) is 70.3 Å². The summed E-state index contributed by atoms with van der Waals surface area (Å²) in [7, 11) is -3.30. The van der Waals surface area contributed by atoms with Gasteiger partial charge in [0.1, 0.15) is 12.4 Å². The van der Waals surface area contributed by atoms with Gasteiger partial charge < -0.3 is 15.0 Å². The second-order valence-corrected chi connectivity index (χ2v) is 11.6. The molecule has 4 heterocycles. The topological polar surface area (TPSA) is 122 Å². The maximum atomic E-state index is 14.1. The number of anilines is 1. The predicted octanol–water partition coefficient (Wildman–Crippen LogP) is 2.90. The first-order chi connectivity index (χ1) is 18.0. The zero-order valence-electron chi connectivity index (χ0n) is 20.9. The normalized spacial score (nSPS) is 16.8. The summed E-state index contributed by atoms with van der Waals surface area (Å²) in [6.45, 7) is 1.16. The molecule has 38 heavy (non-hydrogen) atoms. The molecule has 1 fully saturated rings. The Kier molecular flexibility index (Phi) is 6.70. The molecule has 3 aromatic heterocycles. The number of hydrogen-bond acceptors (Lipinski definition) is 7. The standard InChI is InChI=1S/C25H28F2N6O4S/c1-16(17-4-3-5-18(12-17)25(26,27)15-34)29-24-20-14-32(19-7-10-31(11-8-19)38(2,36)37)23(35)13-21(20)33-22(30-24)6-9-28-33/h3-6,9,12-14,16,19,34H,7-8,10-11,15H2,1-2H3,(H,29,30)/t16-/m1/s1. The summed E-state index contributed by atoms with van der Waals surface area (Å²) in [6, 6.07) is 8.39. The van der Waals surface area contributed by atoms with Crippen molar-refractivity contribution < 1.29 is 22.3 Å². The molecule has 0 saturated carbocycles. The van der Waals surface area contributed by atoms with E-state index in [4.69, 9.17) is 5.11 Å². The fourth-order valence-electron chi connectivity index (χ4n) is 4.90. The van der Waals surface area contributed by atoms with Gasteiger partial charge in [-0.3, -0.25) is 4.79 Å². The molecular weight excluding hydrogens is 518 g/mol. The molecule has 4 aromatic rings. The highest BCUT2D eigenvalue weighted by Crippen LogP contribution is 2.32. The van der Waals surface area contributed by atoms with Crippen LogP contribution in [0.4, 0.5) is 14.6 Å². The average molecular weight is 547 g/mol. The van der Waals surface area contributed by atoms with Crippen molar-refractivity contribution in [2.75, 3.05) is 31.3 Å². The molecule has 0 aliphatic carbocycles. The third-order valence-electron chi connectivity index (χ3n) is 7.04. The number of aliphatic hydroxyl groups excluding tert-OH is 1. The number of piperidine rings is 1. The van der Waals surface area contributed by atoms with Crippen molar-refractivity contribution in [1.82, 2.24) is 23.5 Å². The number of pyridine rings is 1. The third kappa shape index (κ3) is 4.88. The fraction of sp³-hybridized carbons (Fsp3) is 0.400. The summed E-state index contributed by atoms with van der Waals surface area (Å²) in [6.07, 6.45) is 5.43. The molecule has 2 N–H and O–H groups in total. The van der Waals surface area contributed by atoms with Crippen LogP contribution >= 0.6 is 0 Å². The van der Waals surface area contributed by atoms with E-state index < -0.39 is 28.6 Å². The summed E-state index contributed by atoms with van der Waals surface area (Å²) in [5.74, 6) is -2.91. The van der Waals surface area contributed by atoms with Crippen molar-refractivity contribution in [3.8, 4) is 0 Å². The van der Waals surface area contributed by atoms with Crippen LogP contribution in [0.3, 0.4) is 0 Å². The largest absolute Gasteiger partial charge is 0.390 e. The van der Waals surface area contributed by atoms with E-state index in [0.717, 1.165) is 0 Å². The lowest BCUT2D eigenvalue weighted by atomic mass is 10.0. The van der Waals surface area contributed by atoms with E-state index >= 15 is 0 Å². The summed E-state index contributed by atoms with van der Waals surface area (Å²) in [4.78, 5) is 17.8. The second kappa shape index (κ2) is 9.71. The van der Waals surface area contributed by atoms with Crippen LogP contribution in [0.15, 0.2) is 53.6 Å².